The second-order valence-electron chi connectivity index (χ2n) is 5.88. The normalized spacial score (nSPS) is 20.5. The van der Waals surface area contributed by atoms with Crippen molar-refractivity contribution in [1.29, 1.82) is 0 Å². The van der Waals surface area contributed by atoms with Crippen LogP contribution in [0.4, 0.5) is 5.69 Å². The lowest BCUT2D eigenvalue weighted by molar-refractivity contribution is -0.117. The van der Waals surface area contributed by atoms with Crippen molar-refractivity contribution in [3.05, 3.63) is 62.6 Å². The summed E-state index contributed by atoms with van der Waals surface area (Å²) in [6.45, 7) is 0. The molecule has 0 spiro atoms. The van der Waals surface area contributed by atoms with Gasteiger partial charge in [0.1, 0.15) is 4.33 Å². The number of hydrogen-bond acceptors (Lipinski definition) is 2. The number of primary amides is 1. The zero-order chi connectivity index (χ0) is 19.2. The van der Waals surface area contributed by atoms with Crippen LogP contribution in [0.15, 0.2) is 36.4 Å². The molecule has 2 atom stereocenters. The average Bonchev–Trinajstić information content (AvgIpc) is 3.10. The van der Waals surface area contributed by atoms with Crippen LogP contribution in [-0.2, 0) is 4.79 Å². The molecule has 136 valence electrons. The molecule has 1 saturated carbocycles. The summed E-state index contributed by atoms with van der Waals surface area (Å²) < 4.78 is -1.29. The van der Waals surface area contributed by atoms with E-state index >= 15 is 0 Å². The number of benzene rings is 2. The predicted octanol–water partition coefficient (Wildman–Crippen LogP) is 5.27. The Morgan fingerprint density at radius 1 is 1.00 bits per heavy atom. The van der Waals surface area contributed by atoms with Crippen molar-refractivity contribution in [2.24, 2.45) is 11.7 Å². The molecule has 2 amide bonds. The van der Waals surface area contributed by atoms with Gasteiger partial charge >= 0.3 is 0 Å². The van der Waals surface area contributed by atoms with Gasteiger partial charge in [0.2, 0.25) is 11.8 Å². The van der Waals surface area contributed by atoms with Gasteiger partial charge in [0, 0.05) is 21.7 Å². The van der Waals surface area contributed by atoms with E-state index < -0.39 is 28.0 Å². The van der Waals surface area contributed by atoms with E-state index in [-0.39, 0.29) is 10.6 Å². The molecule has 0 bridgehead atoms. The van der Waals surface area contributed by atoms with Crippen LogP contribution in [0.3, 0.4) is 0 Å². The number of anilines is 1. The maximum absolute atomic E-state index is 12.6. The lowest BCUT2D eigenvalue weighted by Gasteiger charge is -2.07. The minimum Gasteiger partial charge on any atom is -0.366 e. The number of carbonyl (C=O) groups excluding carboxylic acids is 2. The fourth-order valence-corrected chi connectivity index (χ4v) is 4.42. The van der Waals surface area contributed by atoms with Crippen molar-refractivity contribution >= 4 is 75.5 Å². The molecule has 3 rings (SSSR count). The molecule has 1 aliphatic carbocycles. The third kappa shape index (κ3) is 3.75. The lowest BCUT2D eigenvalue weighted by Crippen LogP contribution is -2.18. The Hall–Kier alpha value is -1.17. The molecule has 26 heavy (non-hydrogen) atoms. The van der Waals surface area contributed by atoms with Crippen LogP contribution >= 0.6 is 58.0 Å². The van der Waals surface area contributed by atoms with Gasteiger partial charge in [0.05, 0.1) is 16.5 Å². The number of carbonyl (C=O) groups is 2. The largest absolute Gasteiger partial charge is 0.366 e. The number of hydrogen-bond donors (Lipinski definition) is 2. The first-order chi connectivity index (χ1) is 12.1. The minimum absolute atomic E-state index is 0.0986. The van der Waals surface area contributed by atoms with Crippen LogP contribution in [0.2, 0.25) is 15.1 Å². The summed E-state index contributed by atoms with van der Waals surface area (Å²) >= 11 is 30.5. The molecule has 3 N–H and O–H groups in total. The number of nitrogens with two attached hydrogens (primary N) is 1. The van der Waals surface area contributed by atoms with Crippen LogP contribution in [0, 0.1) is 5.92 Å². The summed E-state index contributed by atoms with van der Waals surface area (Å²) in [5.41, 5.74) is 6.37. The Labute approximate surface area is 174 Å². The van der Waals surface area contributed by atoms with Gasteiger partial charge in [-0.2, -0.15) is 0 Å². The first kappa shape index (κ1) is 19.6. The molecule has 0 heterocycles. The summed E-state index contributed by atoms with van der Waals surface area (Å²) in [6, 6.07) is 9.31. The minimum atomic E-state index is -1.29. The highest BCUT2D eigenvalue weighted by Gasteiger charge is 2.67. The fourth-order valence-electron chi connectivity index (χ4n) is 2.83. The van der Waals surface area contributed by atoms with Gasteiger partial charge in [-0.1, -0.05) is 34.8 Å². The summed E-state index contributed by atoms with van der Waals surface area (Å²) in [5, 5.41) is 3.71. The van der Waals surface area contributed by atoms with Crippen molar-refractivity contribution < 1.29 is 9.59 Å². The van der Waals surface area contributed by atoms with Crippen LogP contribution in [0.1, 0.15) is 21.8 Å². The van der Waals surface area contributed by atoms with Crippen molar-refractivity contribution in [3.8, 4) is 0 Å². The van der Waals surface area contributed by atoms with Crippen LogP contribution in [0.5, 0.6) is 0 Å². The van der Waals surface area contributed by atoms with Crippen LogP contribution in [-0.4, -0.2) is 16.1 Å². The topological polar surface area (TPSA) is 72.2 Å². The second-order valence-corrected chi connectivity index (χ2v) is 8.61. The number of rotatable bonds is 4. The van der Waals surface area contributed by atoms with Gasteiger partial charge in [-0.05, 0) is 42.0 Å². The molecular weight excluding hydrogens is 441 g/mol. The van der Waals surface area contributed by atoms with E-state index in [4.69, 9.17) is 63.7 Å². The van der Waals surface area contributed by atoms with Gasteiger partial charge in [-0.3, -0.25) is 9.59 Å². The molecular formula is C17H11Cl5N2O2. The van der Waals surface area contributed by atoms with Crippen LogP contribution in [0.25, 0.3) is 0 Å². The van der Waals surface area contributed by atoms with E-state index in [1.54, 1.807) is 24.3 Å². The van der Waals surface area contributed by atoms with Crippen LogP contribution < -0.4 is 11.1 Å². The van der Waals surface area contributed by atoms with E-state index in [9.17, 15) is 9.59 Å². The molecule has 2 aromatic carbocycles. The average molecular weight is 453 g/mol. The summed E-state index contributed by atoms with van der Waals surface area (Å²) in [5.74, 6) is -2.29. The fraction of sp³-hybridized carbons (Fsp3) is 0.176. The lowest BCUT2D eigenvalue weighted by atomic mass is 10.1. The number of amides is 2. The Balaban J connectivity index is 1.82. The highest BCUT2D eigenvalue weighted by Crippen LogP contribution is 2.65. The molecule has 2 aromatic rings. The van der Waals surface area contributed by atoms with Gasteiger partial charge in [0.15, 0.2) is 0 Å². The quantitative estimate of drug-likeness (QED) is 0.620. The predicted molar refractivity (Wildman–Crippen MR) is 106 cm³/mol. The molecule has 0 unspecified atom stereocenters. The van der Waals surface area contributed by atoms with E-state index in [1.807, 2.05) is 0 Å². The highest BCUT2D eigenvalue weighted by molar-refractivity contribution is 6.53. The molecule has 0 radical (unpaired) electrons. The van der Waals surface area contributed by atoms with E-state index in [1.165, 1.54) is 12.1 Å². The summed E-state index contributed by atoms with van der Waals surface area (Å²) in [7, 11) is 0. The van der Waals surface area contributed by atoms with Crippen molar-refractivity contribution in [2.75, 3.05) is 5.32 Å². The van der Waals surface area contributed by atoms with Gasteiger partial charge in [-0.25, -0.2) is 0 Å². The smallest absolute Gasteiger partial charge is 0.250 e. The van der Waals surface area contributed by atoms with Crippen molar-refractivity contribution in [2.45, 2.75) is 10.3 Å². The molecule has 1 fully saturated rings. The molecule has 0 saturated heterocycles. The monoisotopic (exact) mass is 450 g/mol. The van der Waals surface area contributed by atoms with E-state index in [0.717, 1.165) is 0 Å². The number of nitrogens with one attached hydrogen (secondary N) is 1. The Morgan fingerprint density at radius 2 is 1.62 bits per heavy atom. The molecule has 0 aromatic heterocycles. The molecule has 4 nitrogen and oxygen atoms in total. The standard InChI is InChI=1S/C17H11Cl5N2O2/c18-8-3-7(4-9(19)5-8)13-14(17(13,21)22)16(26)24-10-1-2-12(20)11(6-10)15(23)25/h1-6,13-14H,(H2,23,25)(H,24,26)/t13-,14+/m1/s1. The summed E-state index contributed by atoms with van der Waals surface area (Å²) in [6.07, 6.45) is 0. The SMILES string of the molecule is NC(=O)c1cc(NC(=O)[C@@H]2[C@@H](c3cc(Cl)cc(Cl)c3)C2(Cl)Cl)ccc1Cl. The molecule has 1 aliphatic rings. The zero-order valence-corrected chi connectivity index (χ0v) is 16.7. The van der Waals surface area contributed by atoms with Crippen molar-refractivity contribution in [3.63, 3.8) is 0 Å². The Kier molecular flexibility index (Phi) is 5.35. The number of alkyl halides is 2. The maximum Gasteiger partial charge on any atom is 0.250 e. The second kappa shape index (κ2) is 7.10. The molecule has 0 aliphatic heterocycles. The van der Waals surface area contributed by atoms with Gasteiger partial charge in [0.25, 0.3) is 0 Å². The summed E-state index contributed by atoms with van der Waals surface area (Å²) in [4.78, 5) is 24.0. The first-order valence-corrected chi connectivity index (χ1v) is 9.24. The number of halogens is 5. The first-order valence-electron chi connectivity index (χ1n) is 7.35. The maximum atomic E-state index is 12.6. The van der Waals surface area contributed by atoms with E-state index in [2.05, 4.69) is 5.32 Å². The Bertz CT molecular complexity index is 896. The van der Waals surface area contributed by atoms with E-state index in [0.29, 0.717) is 21.3 Å². The van der Waals surface area contributed by atoms with Gasteiger partial charge in [-0.15, -0.1) is 23.2 Å². The van der Waals surface area contributed by atoms with Crippen molar-refractivity contribution in [1.82, 2.24) is 0 Å². The zero-order valence-electron chi connectivity index (χ0n) is 12.9. The van der Waals surface area contributed by atoms with Gasteiger partial charge < -0.3 is 11.1 Å². The highest BCUT2D eigenvalue weighted by atomic mass is 35.5. The third-order valence-corrected chi connectivity index (χ3v) is 5.79. The third-order valence-electron chi connectivity index (χ3n) is 4.08. The molecule has 9 heteroatoms. The Morgan fingerprint density at radius 3 is 2.19 bits per heavy atom.